The summed E-state index contributed by atoms with van der Waals surface area (Å²) in [6, 6.07) is 2.90. The predicted molar refractivity (Wildman–Crippen MR) is 46.3 cm³/mol. The SMILES string of the molecule is Nc1cc(Cl)c(NO)cc1Cl. The fourth-order valence-corrected chi connectivity index (χ4v) is 1.03. The Morgan fingerprint density at radius 2 is 1.91 bits per heavy atom. The number of benzene rings is 1. The molecule has 0 aliphatic rings. The third-order valence-corrected chi connectivity index (χ3v) is 1.85. The summed E-state index contributed by atoms with van der Waals surface area (Å²) in [6.07, 6.45) is 0. The van der Waals surface area contributed by atoms with E-state index in [4.69, 9.17) is 34.1 Å². The van der Waals surface area contributed by atoms with Crippen molar-refractivity contribution in [2.45, 2.75) is 0 Å². The first-order valence-corrected chi connectivity index (χ1v) is 3.55. The minimum Gasteiger partial charge on any atom is -0.397 e. The van der Waals surface area contributed by atoms with E-state index in [1.165, 1.54) is 12.1 Å². The van der Waals surface area contributed by atoms with Gasteiger partial charge in [0.15, 0.2) is 0 Å². The largest absolute Gasteiger partial charge is 0.397 e. The molecule has 0 saturated carbocycles. The van der Waals surface area contributed by atoms with Gasteiger partial charge in [0.05, 0.1) is 21.4 Å². The molecule has 0 amide bonds. The first kappa shape index (κ1) is 8.46. The molecular weight excluding hydrogens is 187 g/mol. The molecule has 0 aliphatic carbocycles. The van der Waals surface area contributed by atoms with Crippen LogP contribution in [0.25, 0.3) is 0 Å². The van der Waals surface area contributed by atoms with Gasteiger partial charge in [0.25, 0.3) is 0 Å². The maximum atomic E-state index is 8.50. The van der Waals surface area contributed by atoms with Crippen molar-refractivity contribution >= 4 is 34.6 Å². The quantitative estimate of drug-likeness (QED) is 0.474. The van der Waals surface area contributed by atoms with E-state index in [1.807, 2.05) is 5.48 Å². The summed E-state index contributed by atoms with van der Waals surface area (Å²) in [7, 11) is 0. The molecule has 0 saturated heterocycles. The summed E-state index contributed by atoms with van der Waals surface area (Å²) in [5.74, 6) is 0. The van der Waals surface area contributed by atoms with Crippen LogP contribution in [-0.4, -0.2) is 5.21 Å². The number of hydrogen-bond acceptors (Lipinski definition) is 3. The van der Waals surface area contributed by atoms with Crippen molar-refractivity contribution in [3.63, 3.8) is 0 Å². The van der Waals surface area contributed by atoms with Crippen LogP contribution >= 0.6 is 23.2 Å². The summed E-state index contributed by atoms with van der Waals surface area (Å²) in [5.41, 5.74) is 8.03. The van der Waals surface area contributed by atoms with E-state index in [-0.39, 0.29) is 0 Å². The van der Waals surface area contributed by atoms with Crippen LogP contribution in [0.3, 0.4) is 0 Å². The lowest BCUT2D eigenvalue weighted by molar-refractivity contribution is 0.389. The predicted octanol–water partition coefficient (Wildman–Crippen LogP) is 2.38. The minimum absolute atomic E-state index is 0.328. The van der Waals surface area contributed by atoms with Crippen molar-refractivity contribution in [3.8, 4) is 0 Å². The van der Waals surface area contributed by atoms with Crippen molar-refractivity contribution in [1.29, 1.82) is 0 Å². The summed E-state index contributed by atoms with van der Waals surface area (Å²) >= 11 is 11.3. The molecule has 60 valence electrons. The molecule has 0 aromatic heterocycles. The number of nitrogens with two attached hydrogens (primary N) is 1. The molecule has 0 spiro atoms. The van der Waals surface area contributed by atoms with Crippen LogP contribution in [0.2, 0.25) is 10.0 Å². The Morgan fingerprint density at radius 3 is 2.45 bits per heavy atom. The Hall–Kier alpha value is -0.640. The highest BCUT2D eigenvalue weighted by atomic mass is 35.5. The van der Waals surface area contributed by atoms with Gasteiger partial charge in [-0.1, -0.05) is 23.2 Å². The van der Waals surface area contributed by atoms with Crippen LogP contribution in [0.15, 0.2) is 12.1 Å². The van der Waals surface area contributed by atoms with Crippen LogP contribution in [0.5, 0.6) is 0 Å². The molecule has 0 radical (unpaired) electrons. The zero-order valence-corrected chi connectivity index (χ0v) is 6.95. The zero-order valence-electron chi connectivity index (χ0n) is 5.44. The standard InChI is InChI=1S/C6H6Cl2N2O/c7-3-2-6(10-11)4(8)1-5(3)9/h1-2,10-11H,9H2. The number of nitrogen functional groups attached to an aromatic ring is 1. The van der Waals surface area contributed by atoms with Gasteiger partial charge < -0.3 is 5.73 Å². The van der Waals surface area contributed by atoms with E-state index in [2.05, 4.69) is 0 Å². The van der Waals surface area contributed by atoms with E-state index in [9.17, 15) is 0 Å². The lowest BCUT2D eigenvalue weighted by atomic mass is 10.3. The molecule has 5 heteroatoms. The zero-order chi connectivity index (χ0) is 8.43. The van der Waals surface area contributed by atoms with Gasteiger partial charge in [-0.05, 0) is 12.1 Å². The van der Waals surface area contributed by atoms with Gasteiger partial charge in [-0.3, -0.25) is 10.7 Å². The Labute approximate surface area is 73.7 Å². The third kappa shape index (κ3) is 1.68. The third-order valence-electron chi connectivity index (χ3n) is 1.21. The molecule has 0 heterocycles. The van der Waals surface area contributed by atoms with Crippen LogP contribution in [-0.2, 0) is 0 Å². The Balaban J connectivity index is 3.21. The molecule has 1 aromatic rings. The summed E-state index contributed by atoms with van der Waals surface area (Å²) in [5, 5.41) is 9.18. The fourth-order valence-electron chi connectivity index (χ4n) is 0.648. The molecule has 0 fully saturated rings. The molecule has 11 heavy (non-hydrogen) atoms. The highest BCUT2D eigenvalue weighted by Crippen LogP contribution is 2.30. The molecular formula is C6H6Cl2N2O. The smallest absolute Gasteiger partial charge is 0.0804 e. The Kier molecular flexibility index (Phi) is 2.44. The van der Waals surface area contributed by atoms with Crippen molar-refractivity contribution in [3.05, 3.63) is 22.2 Å². The minimum atomic E-state index is 0.328. The van der Waals surface area contributed by atoms with E-state index in [0.29, 0.717) is 21.4 Å². The average molecular weight is 193 g/mol. The van der Waals surface area contributed by atoms with Gasteiger partial charge >= 0.3 is 0 Å². The van der Waals surface area contributed by atoms with Crippen molar-refractivity contribution < 1.29 is 5.21 Å². The van der Waals surface area contributed by atoms with Crippen molar-refractivity contribution in [2.75, 3.05) is 11.2 Å². The lowest BCUT2D eigenvalue weighted by Crippen LogP contribution is -1.93. The summed E-state index contributed by atoms with van der Waals surface area (Å²) in [4.78, 5) is 0. The molecule has 0 bridgehead atoms. The average Bonchev–Trinajstić information content (AvgIpc) is 1.97. The summed E-state index contributed by atoms with van der Waals surface area (Å²) < 4.78 is 0. The lowest BCUT2D eigenvalue weighted by Gasteiger charge is -2.04. The summed E-state index contributed by atoms with van der Waals surface area (Å²) in [6.45, 7) is 0. The van der Waals surface area contributed by atoms with Crippen LogP contribution in [0.4, 0.5) is 11.4 Å². The van der Waals surface area contributed by atoms with Crippen molar-refractivity contribution in [2.24, 2.45) is 0 Å². The number of rotatable bonds is 1. The van der Waals surface area contributed by atoms with Gasteiger partial charge in [0.2, 0.25) is 0 Å². The van der Waals surface area contributed by atoms with Crippen molar-refractivity contribution in [1.82, 2.24) is 0 Å². The van der Waals surface area contributed by atoms with Crippen LogP contribution in [0, 0.1) is 0 Å². The number of hydrogen-bond donors (Lipinski definition) is 3. The number of anilines is 2. The topological polar surface area (TPSA) is 58.3 Å². The molecule has 3 nitrogen and oxygen atoms in total. The number of halogens is 2. The first-order valence-electron chi connectivity index (χ1n) is 2.79. The molecule has 0 atom stereocenters. The highest BCUT2D eigenvalue weighted by Gasteiger charge is 2.02. The second kappa shape index (κ2) is 3.17. The molecule has 1 aromatic carbocycles. The maximum absolute atomic E-state index is 8.50. The number of nitrogens with one attached hydrogen (secondary N) is 1. The normalized spacial score (nSPS) is 9.73. The first-order chi connectivity index (χ1) is 5.15. The maximum Gasteiger partial charge on any atom is 0.0804 e. The fraction of sp³-hybridized carbons (Fsp3) is 0. The van der Waals surface area contributed by atoms with Crippen LogP contribution < -0.4 is 11.2 Å². The van der Waals surface area contributed by atoms with E-state index in [0.717, 1.165) is 0 Å². The molecule has 0 aliphatic heterocycles. The van der Waals surface area contributed by atoms with Gasteiger partial charge in [0, 0.05) is 0 Å². The van der Waals surface area contributed by atoms with Gasteiger partial charge in [-0.15, -0.1) is 0 Å². The van der Waals surface area contributed by atoms with E-state index < -0.39 is 0 Å². The molecule has 0 unspecified atom stereocenters. The van der Waals surface area contributed by atoms with E-state index >= 15 is 0 Å². The molecule has 1 rings (SSSR count). The monoisotopic (exact) mass is 192 g/mol. The Bertz CT molecular complexity index is 278. The second-order valence-corrected chi connectivity index (χ2v) is 2.78. The van der Waals surface area contributed by atoms with Gasteiger partial charge in [-0.2, -0.15) is 0 Å². The van der Waals surface area contributed by atoms with Gasteiger partial charge in [-0.25, -0.2) is 0 Å². The van der Waals surface area contributed by atoms with E-state index in [1.54, 1.807) is 0 Å². The second-order valence-electron chi connectivity index (χ2n) is 1.97. The van der Waals surface area contributed by atoms with Crippen LogP contribution in [0.1, 0.15) is 0 Å². The highest BCUT2D eigenvalue weighted by molar-refractivity contribution is 6.37. The molecule has 4 N–H and O–H groups in total. The Morgan fingerprint density at radius 1 is 1.27 bits per heavy atom. The van der Waals surface area contributed by atoms with Gasteiger partial charge in [0.1, 0.15) is 0 Å².